The lowest BCUT2D eigenvalue weighted by molar-refractivity contribution is -0.137. The number of methoxy groups -OCH3 is 1. The van der Waals surface area contributed by atoms with Crippen LogP contribution in [0.3, 0.4) is 0 Å². The van der Waals surface area contributed by atoms with E-state index >= 15 is 0 Å². The fourth-order valence-electron chi connectivity index (χ4n) is 5.53. The molecule has 3 aliphatic rings. The van der Waals surface area contributed by atoms with Crippen molar-refractivity contribution in [2.45, 2.75) is 37.4 Å². The third-order valence-electron chi connectivity index (χ3n) is 6.70. The fourth-order valence-corrected chi connectivity index (χ4v) is 5.53. The zero-order valence-corrected chi connectivity index (χ0v) is 16.2. The molecule has 3 fully saturated rings. The average Bonchev–Trinajstić information content (AvgIpc) is 3.46. The van der Waals surface area contributed by atoms with Crippen LogP contribution in [0.15, 0.2) is 53.2 Å². The summed E-state index contributed by atoms with van der Waals surface area (Å²) in [5.74, 6) is 2.43. The highest BCUT2D eigenvalue weighted by Crippen LogP contribution is 2.52. The second-order valence-corrected chi connectivity index (χ2v) is 8.13. The number of ether oxygens (including phenoxy) is 1. The summed E-state index contributed by atoms with van der Waals surface area (Å²) in [5.41, 5.74) is 0.833. The van der Waals surface area contributed by atoms with Crippen molar-refractivity contribution in [2.24, 2.45) is 5.92 Å². The number of rotatable bonds is 5. The number of likely N-dealkylation sites (tertiary alicyclic amines) is 1. The minimum absolute atomic E-state index is 0.295. The van der Waals surface area contributed by atoms with E-state index in [1.807, 2.05) is 30.3 Å². The predicted octanol–water partition coefficient (Wildman–Crippen LogP) is 3.57. The Morgan fingerprint density at radius 2 is 2.25 bits per heavy atom. The summed E-state index contributed by atoms with van der Waals surface area (Å²) in [4.78, 5) is 18.1. The van der Waals surface area contributed by atoms with Crippen molar-refractivity contribution < 1.29 is 13.9 Å². The largest absolute Gasteiger partial charge is 0.497 e. The Morgan fingerprint density at radius 3 is 3.07 bits per heavy atom. The summed E-state index contributed by atoms with van der Waals surface area (Å²) >= 11 is 0. The summed E-state index contributed by atoms with van der Waals surface area (Å²) in [6.45, 7) is 2.51. The molecule has 0 N–H and O–H groups in total. The molecule has 1 aromatic heterocycles. The van der Waals surface area contributed by atoms with Gasteiger partial charge in [-0.3, -0.25) is 9.69 Å². The first-order chi connectivity index (χ1) is 13.7. The highest BCUT2D eigenvalue weighted by atomic mass is 16.5. The van der Waals surface area contributed by atoms with Crippen molar-refractivity contribution in [1.82, 2.24) is 9.80 Å². The van der Waals surface area contributed by atoms with Gasteiger partial charge >= 0.3 is 0 Å². The lowest BCUT2D eigenvalue weighted by Gasteiger charge is -2.32. The quantitative estimate of drug-likeness (QED) is 0.798. The Kier molecular flexibility index (Phi) is 4.27. The van der Waals surface area contributed by atoms with Crippen molar-refractivity contribution in [3.05, 3.63) is 60.1 Å². The molecule has 0 radical (unpaired) electrons. The molecule has 3 atom stereocenters. The van der Waals surface area contributed by atoms with Crippen LogP contribution in [0.5, 0.6) is 5.75 Å². The molecule has 28 heavy (non-hydrogen) atoms. The van der Waals surface area contributed by atoms with Gasteiger partial charge in [-0.05, 0) is 61.7 Å². The molecule has 5 heteroatoms. The van der Waals surface area contributed by atoms with E-state index in [1.165, 1.54) is 0 Å². The number of carbonyl (C=O) groups is 1. The van der Waals surface area contributed by atoms with Crippen LogP contribution in [-0.4, -0.2) is 47.5 Å². The van der Waals surface area contributed by atoms with Crippen molar-refractivity contribution in [3.63, 3.8) is 0 Å². The second-order valence-electron chi connectivity index (χ2n) is 8.13. The van der Waals surface area contributed by atoms with Crippen LogP contribution in [0.2, 0.25) is 0 Å². The lowest BCUT2D eigenvalue weighted by atomic mass is 9.85. The van der Waals surface area contributed by atoms with Gasteiger partial charge in [-0.2, -0.15) is 0 Å². The summed E-state index contributed by atoms with van der Waals surface area (Å²) < 4.78 is 10.8. The molecule has 1 amide bonds. The van der Waals surface area contributed by atoms with E-state index in [0.717, 1.165) is 49.4 Å². The molecule has 1 aromatic carbocycles. The van der Waals surface area contributed by atoms with Gasteiger partial charge in [0.05, 0.1) is 13.4 Å². The van der Waals surface area contributed by atoms with Gasteiger partial charge in [-0.25, -0.2) is 0 Å². The van der Waals surface area contributed by atoms with Crippen molar-refractivity contribution in [2.75, 3.05) is 20.2 Å². The molecule has 146 valence electrons. The van der Waals surface area contributed by atoms with Gasteiger partial charge in [0, 0.05) is 25.0 Å². The number of furan rings is 1. The smallest absolute Gasteiger partial charge is 0.243 e. The molecule has 5 nitrogen and oxygen atoms in total. The minimum Gasteiger partial charge on any atom is -0.497 e. The number of hydrogen-bond acceptors (Lipinski definition) is 4. The Labute approximate surface area is 165 Å². The van der Waals surface area contributed by atoms with Crippen molar-refractivity contribution >= 4 is 12.0 Å². The molecular weight excluding hydrogens is 352 g/mol. The Bertz CT molecular complexity index is 891. The van der Waals surface area contributed by atoms with E-state index in [1.54, 1.807) is 13.4 Å². The molecule has 0 aliphatic carbocycles. The van der Waals surface area contributed by atoms with Crippen LogP contribution >= 0.6 is 0 Å². The molecule has 3 saturated heterocycles. The first kappa shape index (κ1) is 17.6. The normalized spacial score (nSPS) is 29.6. The van der Waals surface area contributed by atoms with E-state index in [9.17, 15) is 4.79 Å². The van der Waals surface area contributed by atoms with Gasteiger partial charge in [0.15, 0.2) is 0 Å². The van der Waals surface area contributed by atoms with Crippen LogP contribution in [0, 0.1) is 5.92 Å². The highest BCUT2D eigenvalue weighted by molar-refractivity contribution is 5.90. The Balaban J connectivity index is 1.35. The van der Waals surface area contributed by atoms with Crippen LogP contribution in [-0.2, 0) is 11.3 Å². The molecule has 4 heterocycles. The zero-order chi connectivity index (χ0) is 19.1. The monoisotopic (exact) mass is 378 g/mol. The van der Waals surface area contributed by atoms with Crippen LogP contribution in [0.4, 0.5) is 0 Å². The number of nitrogens with zero attached hydrogens (tertiary/aromatic N) is 2. The van der Waals surface area contributed by atoms with E-state index in [0.29, 0.717) is 24.4 Å². The van der Waals surface area contributed by atoms with Crippen molar-refractivity contribution in [3.8, 4) is 5.75 Å². The maximum atomic E-state index is 13.5. The molecule has 1 spiro atoms. The van der Waals surface area contributed by atoms with E-state index < -0.39 is 0 Å². The van der Waals surface area contributed by atoms with Gasteiger partial charge in [-0.1, -0.05) is 18.2 Å². The van der Waals surface area contributed by atoms with Crippen LogP contribution in [0.1, 0.15) is 30.6 Å². The third kappa shape index (κ3) is 2.68. The minimum atomic E-state index is -0.295. The Hall–Kier alpha value is -2.53. The molecule has 0 bridgehead atoms. The summed E-state index contributed by atoms with van der Waals surface area (Å²) in [7, 11) is 1.68. The predicted molar refractivity (Wildman–Crippen MR) is 107 cm³/mol. The first-order valence-corrected chi connectivity index (χ1v) is 10.1. The maximum Gasteiger partial charge on any atom is 0.243 e. The van der Waals surface area contributed by atoms with Gasteiger partial charge in [0.2, 0.25) is 5.91 Å². The van der Waals surface area contributed by atoms with Gasteiger partial charge < -0.3 is 14.1 Å². The molecule has 3 aliphatic heterocycles. The summed E-state index contributed by atoms with van der Waals surface area (Å²) in [5, 5.41) is 0. The van der Waals surface area contributed by atoms with E-state index in [-0.39, 0.29) is 5.54 Å². The summed E-state index contributed by atoms with van der Waals surface area (Å²) in [6, 6.07) is 12.2. The number of benzene rings is 1. The van der Waals surface area contributed by atoms with Crippen molar-refractivity contribution in [1.29, 1.82) is 0 Å². The van der Waals surface area contributed by atoms with Gasteiger partial charge in [0.1, 0.15) is 17.0 Å². The SMILES string of the molecule is COc1cccc(CN2C[C@@H]3C[C@@H](C=Cc4ccco4)N4CCC[C@@]34C2=O)c1. The third-order valence-corrected chi connectivity index (χ3v) is 6.70. The maximum absolute atomic E-state index is 13.5. The number of hydrogen-bond donors (Lipinski definition) is 0. The molecular formula is C23H26N2O3. The molecule has 0 unspecified atom stereocenters. The van der Waals surface area contributed by atoms with E-state index in [4.69, 9.17) is 9.15 Å². The lowest BCUT2D eigenvalue weighted by Crippen LogP contribution is -2.50. The average molecular weight is 378 g/mol. The van der Waals surface area contributed by atoms with Crippen LogP contribution < -0.4 is 4.74 Å². The van der Waals surface area contributed by atoms with Gasteiger partial charge in [-0.15, -0.1) is 0 Å². The fraction of sp³-hybridized carbons (Fsp3) is 0.435. The molecule has 0 saturated carbocycles. The Morgan fingerprint density at radius 1 is 1.32 bits per heavy atom. The first-order valence-electron chi connectivity index (χ1n) is 10.1. The number of amides is 1. The van der Waals surface area contributed by atoms with Gasteiger partial charge in [0.25, 0.3) is 0 Å². The topological polar surface area (TPSA) is 45.9 Å². The highest BCUT2D eigenvalue weighted by Gasteiger charge is 2.64. The number of carbonyl (C=O) groups excluding carboxylic acids is 1. The standard InChI is InChI=1S/C23H26N2O3/c1-27-21-6-2-5-17(13-21)15-24-16-18-14-19(8-9-20-7-3-12-28-20)25-11-4-10-23(18,25)22(24)26/h2-3,5-9,12-13,18-19H,4,10-11,14-16H2,1H3/t18-,19+,23-/m0/s1. The molecule has 5 rings (SSSR count). The van der Waals surface area contributed by atoms with Crippen LogP contribution in [0.25, 0.3) is 6.08 Å². The zero-order valence-electron chi connectivity index (χ0n) is 16.2. The molecule has 2 aromatic rings. The van der Waals surface area contributed by atoms with E-state index in [2.05, 4.69) is 28.0 Å². The second kappa shape index (κ2) is 6.82. The summed E-state index contributed by atoms with van der Waals surface area (Å²) in [6.07, 6.45) is 9.09.